The Bertz CT molecular complexity index is 617. The van der Waals surface area contributed by atoms with E-state index in [-0.39, 0.29) is 5.56 Å². The molecule has 4 heteroatoms. The number of hydrogen-bond acceptors (Lipinski definition) is 3. The van der Waals surface area contributed by atoms with Crippen LogP contribution < -0.4 is 15.0 Å². The molecule has 0 bridgehead atoms. The average molecular weight is 245 g/mol. The van der Waals surface area contributed by atoms with Crippen LogP contribution in [-0.2, 0) is 0 Å². The molecule has 1 N–H and O–H groups in total. The summed E-state index contributed by atoms with van der Waals surface area (Å²) in [5.41, 5.74) is 2.52. The van der Waals surface area contributed by atoms with Crippen LogP contribution in [0.15, 0.2) is 35.3 Å². The summed E-state index contributed by atoms with van der Waals surface area (Å²) >= 11 is 0. The second-order valence-electron chi connectivity index (χ2n) is 3.97. The maximum absolute atomic E-state index is 11.3. The lowest BCUT2D eigenvalue weighted by Gasteiger charge is -2.09. The highest BCUT2D eigenvalue weighted by atomic mass is 16.5. The van der Waals surface area contributed by atoms with E-state index in [1.165, 1.54) is 0 Å². The van der Waals surface area contributed by atoms with Crippen LogP contribution in [0.2, 0.25) is 0 Å². The van der Waals surface area contributed by atoms with Gasteiger partial charge in [0.25, 0.3) is 5.56 Å². The molecule has 4 nitrogen and oxygen atoms in total. The molecule has 0 aliphatic heterocycles. The largest absolute Gasteiger partial charge is 0.493 e. The molecule has 0 saturated carbocycles. The van der Waals surface area contributed by atoms with Gasteiger partial charge in [-0.15, -0.1) is 0 Å². The summed E-state index contributed by atoms with van der Waals surface area (Å²) < 4.78 is 10.4. The Morgan fingerprint density at radius 3 is 2.33 bits per heavy atom. The molecule has 0 saturated heterocycles. The van der Waals surface area contributed by atoms with E-state index < -0.39 is 0 Å². The minimum atomic E-state index is -0.0702. The first-order chi connectivity index (χ1) is 8.65. The molecule has 0 amide bonds. The number of aryl methyl sites for hydroxylation is 1. The monoisotopic (exact) mass is 245 g/mol. The fraction of sp³-hybridized carbons (Fsp3) is 0.214. The first-order valence-corrected chi connectivity index (χ1v) is 5.57. The van der Waals surface area contributed by atoms with E-state index in [0.717, 1.165) is 11.1 Å². The Labute approximate surface area is 105 Å². The van der Waals surface area contributed by atoms with Crippen molar-refractivity contribution in [3.63, 3.8) is 0 Å². The average Bonchev–Trinajstić information content (AvgIpc) is 2.41. The van der Waals surface area contributed by atoms with Crippen molar-refractivity contribution >= 4 is 0 Å². The third-order valence-corrected chi connectivity index (χ3v) is 2.81. The summed E-state index contributed by atoms with van der Waals surface area (Å²) in [6.45, 7) is 1.78. The van der Waals surface area contributed by atoms with E-state index in [0.29, 0.717) is 17.1 Å². The van der Waals surface area contributed by atoms with Gasteiger partial charge in [0.2, 0.25) is 0 Å². The summed E-state index contributed by atoms with van der Waals surface area (Å²) in [5.74, 6) is 1.35. The standard InChI is InChI=1S/C14H15NO3/c1-9-6-11(8-15-14(9)16)10-4-5-12(17-2)13(7-10)18-3/h4-8H,1-3H3,(H,15,16). The molecule has 0 fully saturated rings. The normalized spacial score (nSPS) is 10.2. The molecule has 0 atom stereocenters. The second-order valence-corrected chi connectivity index (χ2v) is 3.97. The van der Waals surface area contributed by atoms with Gasteiger partial charge in [-0.1, -0.05) is 6.07 Å². The Kier molecular flexibility index (Phi) is 3.37. The maximum atomic E-state index is 11.3. The predicted octanol–water partition coefficient (Wildman–Crippen LogP) is 2.37. The molecule has 94 valence electrons. The van der Waals surface area contributed by atoms with Crippen molar-refractivity contribution in [3.05, 3.63) is 46.4 Å². The molecular formula is C14H15NO3. The molecule has 18 heavy (non-hydrogen) atoms. The number of ether oxygens (including phenoxy) is 2. The van der Waals surface area contributed by atoms with Crippen molar-refractivity contribution in [2.45, 2.75) is 6.92 Å². The number of H-pyrrole nitrogens is 1. The van der Waals surface area contributed by atoms with Gasteiger partial charge in [-0.3, -0.25) is 4.79 Å². The smallest absolute Gasteiger partial charge is 0.250 e. The van der Waals surface area contributed by atoms with Crippen molar-refractivity contribution in [1.29, 1.82) is 0 Å². The SMILES string of the molecule is COc1ccc(-c2c[nH]c(=O)c(C)c2)cc1OC. The quantitative estimate of drug-likeness (QED) is 0.903. The van der Waals surface area contributed by atoms with Gasteiger partial charge in [-0.2, -0.15) is 0 Å². The van der Waals surface area contributed by atoms with Crippen molar-refractivity contribution in [3.8, 4) is 22.6 Å². The highest BCUT2D eigenvalue weighted by Gasteiger charge is 2.06. The van der Waals surface area contributed by atoms with E-state index in [4.69, 9.17) is 9.47 Å². The van der Waals surface area contributed by atoms with E-state index in [1.54, 1.807) is 27.3 Å². The first-order valence-electron chi connectivity index (χ1n) is 5.57. The van der Waals surface area contributed by atoms with Crippen LogP contribution in [0.25, 0.3) is 11.1 Å². The van der Waals surface area contributed by atoms with Crippen LogP contribution in [0, 0.1) is 6.92 Å². The van der Waals surface area contributed by atoms with Crippen LogP contribution in [0.3, 0.4) is 0 Å². The van der Waals surface area contributed by atoms with Gasteiger partial charge in [0.15, 0.2) is 11.5 Å². The van der Waals surface area contributed by atoms with Crippen molar-refractivity contribution in [2.24, 2.45) is 0 Å². The fourth-order valence-electron chi connectivity index (χ4n) is 1.78. The molecule has 0 spiro atoms. The van der Waals surface area contributed by atoms with Gasteiger partial charge < -0.3 is 14.5 Å². The number of aromatic nitrogens is 1. The zero-order valence-electron chi connectivity index (χ0n) is 10.6. The molecule has 0 aliphatic rings. The molecular weight excluding hydrogens is 230 g/mol. The van der Waals surface area contributed by atoms with Gasteiger partial charge in [0.1, 0.15) is 0 Å². The third-order valence-electron chi connectivity index (χ3n) is 2.81. The number of benzene rings is 1. The van der Waals surface area contributed by atoms with Gasteiger partial charge in [0.05, 0.1) is 14.2 Å². The number of aromatic amines is 1. The summed E-state index contributed by atoms with van der Waals surface area (Å²) in [4.78, 5) is 14.0. The molecule has 0 unspecified atom stereocenters. The fourth-order valence-corrected chi connectivity index (χ4v) is 1.78. The number of rotatable bonds is 3. The van der Waals surface area contributed by atoms with E-state index >= 15 is 0 Å². The molecule has 2 aromatic rings. The molecule has 2 rings (SSSR count). The molecule has 1 heterocycles. The first kappa shape index (κ1) is 12.2. The van der Waals surface area contributed by atoms with E-state index in [1.807, 2.05) is 24.3 Å². The van der Waals surface area contributed by atoms with E-state index in [2.05, 4.69) is 4.98 Å². The van der Waals surface area contributed by atoms with Crippen LogP contribution >= 0.6 is 0 Å². The van der Waals surface area contributed by atoms with Crippen molar-refractivity contribution < 1.29 is 9.47 Å². The van der Waals surface area contributed by atoms with Crippen LogP contribution in [0.1, 0.15) is 5.56 Å². The minimum absolute atomic E-state index is 0.0702. The van der Waals surface area contributed by atoms with Gasteiger partial charge >= 0.3 is 0 Å². The number of pyridine rings is 1. The maximum Gasteiger partial charge on any atom is 0.250 e. The van der Waals surface area contributed by atoms with Gasteiger partial charge in [-0.05, 0) is 36.2 Å². The van der Waals surface area contributed by atoms with Crippen molar-refractivity contribution in [2.75, 3.05) is 14.2 Å². The number of nitrogens with one attached hydrogen (secondary N) is 1. The number of methoxy groups -OCH3 is 2. The lowest BCUT2D eigenvalue weighted by atomic mass is 10.1. The minimum Gasteiger partial charge on any atom is -0.493 e. The van der Waals surface area contributed by atoms with Crippen LogP contribution in [0.4, 0.5) is 0 Å². The molecule has 0 aliphatic carbocycles. The topological polar surface area (TPSA) is 51.3 Å². The lowest BCUT2D eigenvalue weighted by Crippen LogP contribution is -2.07. The Hall–Kier alpha value is -2.23. The molecule has 1 aromatic carbocycles. The Morgan fingerprint density at radius 2 is 1.72 bits per heavy atom. The highest BCUT2D eigenvalue weighted by molar-refractivity contribution is 5.66. The van der Waals surface area contributed by atoms with Crippen LogP contribution in [0.5, 0.6) is 11.5 Å². The zero-order valence-corrected chi connectivity index (χ0v) is 10.6. The second kappa shape index (κ2) is 4.96. The summed E-state index contributed by atoms with van der Waals surface area (Å²) in [6, 6.07) is 7.50. The predicted molar refractivity (Wildman–Crippen MR) is 70.3 cm³/mol. The van der Waals surface area contributed by atoms with Gasteiger partial charge in [-0.25, -0.2) is 0 Å². The third kappa shape index (κ3) is 2.22. The van der Waals surface area contributed by atoms with Gasteiger partial charge in [0, 0.05) is 11.8 Å². The van der Waals surface area contributed by atoms with Crippen LogP contribution in [-0.4, -0.2) is 19.2 Å². The zero-order chi connectivity index (χ0) is 13.1. The Morgan fingerprint density at radius 1 is 1.00 bits per heavy atom. The Balaban J connectivity index is 2.50. The molecule has 0 radical (unpaired) electrons. The van der Waals surface area contributed by atoms with E-state index in [9.17, 15) is 4.79 Å². The summed E-state index contributed by atoms with van der Waals surface area (Å²) in [5, 5.41) is 0. The summed E-state index contributed by atoms with van der Waals surface area (Å²) in [6.07, 6.45) is 1.69. The summed E-state index contributed by atoms with van der Waals surface area (Å²) in [7, 11) is 3.20. The lowest BCUT2D eigenvalue weighted by molar-refractivity contribution is 0.355. The highest BCUT2D eigenvalue weighted by Crippen LogP contribution is 2.31. The van der Waals surface area contributed by atoms with Crippen molar-refractivity contribution in [1.82, 2.24) is 4.98 Å². The molecule has 1 aromatic heterocycles. The number of hydrogen-bond donors (Lipinski definition) is 1.